The minimum absolute atomic E-state index is 0.0131. The van der Waals surface area contributed by atoms with Crippen molar-refractivity contribution >= 4 is 22.4 Å². The molecule has 0 aliphatic rings. The van der Waals surface area contributed by atoms with Gasteiger partial charge in [-0.05, 0) is 47.9 Å². The van der Waals surface area contributed by atoms with Gasteiger partial charge in [-0.1, -0.05) is 12.1 Å². The number of thiazole rings is 1. The maximum atomic E-state index is 13.6. The molecule has 1 aromatic heterocycles. The van der Waals surface area contributed by atoms with Crippen molar-refractivity contribution in [1.82, 2.24) is 4.98 Å². The highest BCUT2D eigenvalue weighted by Crippen LogP contribution is 2.22. The van der Waals surface area contributed by atoms with Crippen LogP contribution in [-0.4, -0.2) is 10.9 Å². The van der Waals surface area contributed by atoms with Crippen molar-refractivity contribution in [2.75, 3.05) is 5.32 Å². The molecule has 0 atom stereocenters. The summed E-state index contributed by atoms with van der Waals surface area (Å²) in [7, 11) is 0. The second-order valence-corrected chi connectivity index (χ2v) is 6.84. The van der Waals surface area contributed by atoms with Crippen LogP contribution in [0.5, 0.6) is 0 Å². The number of carbonyl (C=O) groups excluding carboxylic acids is 1. The SMILES string of the molecule is O=C(CCc1cc(F)ccc1F)Nc1ncc(Cc2cccc(F)c2)s1. The number of carbonyl (C=O) groups is 1. The molecule has 3 aromatic rings. The summed E-state index contributed by atoms with van der Waals surface area (Å²) in [5, 5.41) is 3.06. The standard InChI is InChI=1S/C19H15F3N2OS/c20-14-3-1-2-12(8-14)9-16-11-23-19(26-16)24-18(25)7-4-13-10-15(21)5-6-17(13)22/h1-3,5-6,8,10-11H,4,7,9H2,(H,23,24,25). The van der Waals surface area contributed by atoms with Crippen LogP contribution in [0.1, 0.15) is 22.4 Å². The van der Waals surface area contributed by atoms with Crippen LogP contribution in [0.25, 0.3) is 0 Å². The molecular formula is C19H15F3N2OS. The first kappa shape index (κ1) is 18.1. The van der Waals surface area contributed by atoms with Crippen LogP contribution in [-0.2, 0) is 17.6 Å². The van der Waals surface area contributed by atoms with Crippen LogP contribution in [0.2, 0.25) is 0 Å². The largest absolute Gasteiger partial charge is 0.302 e. The summed E-state index contributed by atoms with van der Waals surface area (Å²) in [5.74, 6) is -1.71. The number of anilines is 1. The predicted octanol–water partition coefficient (Wildman–Crippen LogP) is 4.72. The third-order valence-electron chi connectivity index (χ3n) is 3.70. The molecule has 0 saturated heterocycles. The molecule has 1 N–H and O–H groups in total. The number of rotatable bonds is 6. The van der Waals surface area contributed by atoms with E-state index in [0.717, 1.165) is 28.6 Å². The van der Waals surface area contributed by atoms with E-state index in [4.69, 9.17) is 0 Å². The van der Waals surface area contributed by atoms with E-state index in [0.29, 0.717) is 11.6 Å². The minimum Gasteiger partial charge on any atom is -0.302 e. The molecule has 0 saturated carbocycles. The van der Waals surface area contributed by atoms with E-state index in [1.165, 1.54) is 23.5 Å². The Morgan fingerprint density at radius 1 is 1.08 bits per heavy atom. The Bertz CT molecular complexity index is 927. The first-order valence-corrected chi connectivity index (χ1v) is 8.74. The number of nitrogens with zero attached hydrogens (tertiary/aromatic N) is 1. The van der Waals surface area contributed by atoms with Gasteiger partial charge in [0.15, 0.2) is 5.13 Å². The molecular weight excluding hydrogens is 361 g/mol. The highest BCUT2D eigenvalue weighted by molar-refractivity contribution is 7.15. The second-order valence-electron chi connectivity index (χ2n) is 5.72. The number of hydrogen-bond donors (Lipinski definition) is 1. The van der Waals surface area contributed by atoms with Gasteiger partial charge < -0.3 is 5.32 Å². The van der Waals surface area contributed by atoms with Gasteiger partial charge in [-0.2, -0.15) is 0 Å². The number of benzene rings is 2. The second kappa shape index (κ2) is 8.14. The summed E-state index contributed by atoms with van der Waals surface area (Å²) in [6.07, 6.45) is 2.24. The summed E-state index contributed by atoms with van der Waals surface area (Å²) in [4.78, 5) is 17.0. The molecule has 0 unspecified atom stereocenters. The molecule has 3 nitrogen and oxygen atoms in total. The molecule has 0 fully saturated rings. The number of aryl methyl sites for hydroxylation is 1. The molecule has 26 heavy (non-hydrogen) atoms. The molecule has 0 radical (unpaired) electrons. The molecule has 2 aromatic carbocycles. The molecule has 1 amide bonds. The molecule has 7 heteroatoms. The molecule has 0 aliphatic heterocycles. The van der Waals surface area contributed by atoms with Crippen molar-refractivity contribution in [2.24, 2.45) is 0 Å². The molecule has 0 aliphatic carbocycles. The van der Waals surface area contributed by atoms with Crippen molar-refractivity contribution in [2.45, 2.75) is 19.3 Å². The van der Waals surface area contributed by atoms with Crippen molar-refractivity contribution in [3.63, 3.8) is 0 Å². The van der Waals surface area contributed by atoms with Gasteiger partial charge in [0.1, 0.15) is 17.5 Å². The average molecular weight is 376 g/mol. The van der Waals surface area contributed by atoms with Crippen LogP contribution < -0.4 is 5.32 Å². The zero-order valence-electron chi connectivity index (χ0n) is 13.6. The van der Waals surface area contributed by atoms with Gasteiger partial charge in [0.05, 0.1) is 0 Å². The van der Waals surface area contributed by atoms with E-state index in [2.05, 4.69) is 10.3 Å². The fraction of sp³-hybridized carbons (Fsp3) is 0.158. The molecule has 3 rings (SSSR count). The molecule has 134 valence electrons. The minimum atomic E-state index is -0.538. The van der Waals surface area contributed by atoms with Crippen molar-refractivity contribution in [1.29, 1.82) is 0 Å². The van der Waals surface area contributed by atoms with E-state index in [-0.39, 0.29) is 30.1 Å². The first-order valence-electron chi connectivity index (χ1n) is 7.92. The van der Waals surface area contributed by atoms with Crippen molar-refractivity contribution in [3.05, 3.63) is 82.1 Å². The van der Waals surface area contributed by atoms with E-state index in [9.17, 15) is 18.0 Å². The maximum Gasteiger partial charge on any atom is 0.226 e. The highest BCUT2D eigenvalue weighted by Gasteiger charge is 2.10. The van der Waals surface area contributed by atoms with Gasteiger partial charge >= 0.3 is 0 Å². The summed E-state index contributed by atoms with van der Waals surface area (Å²) < 4.78 is 39.9. The molecule has 0 bridgehead atoms. The zero-order chi connectivity index (χ0) is 18.5. The van der Waals surface area contributed by atoms with Crippen LogP contribution in [0.4, 0.5) is 18.3 Å². The van der Waals surface area contributed by atoms with E-state index >= 15 is 0 Å². The Morgan fingerprint density at radius 2 is 1.88 bits per heavy atom. The number of nitrogens with one attached hydrogen (secondary N) is 1. The maximum absolute atomic E-state index is 13.6. The van der Waals surface area contributed by atoms with Gasteiger partial charge in [0, 0.05) is 23.9 Å². The summed E-state index contributed by atoms with van der Waals surface area (Å²) in [5.41, 5.74) is 0.971. The average Bonchev–Trinajstić information content (AvgIpc) is 3.02. The number of amides is 1. The normalized spacial score (nSPS) is 10.7. The molecule has 1 heterocycles. The predicted molar refractivity (Wildman–Crippen MR) is 94.6 cm³/mol. The van der Waals surface area contributed by atoms with Crippen LogP contribution in [0, 0.1) is 17.5 Å². The van der Waals surface area contributed by atoms with Gasteiger partial charge in [-0.25, -0.2) is 18.2 Å². The summed E-state index contributed by atoms with van der Waals surface area (Å²) in [6.45, 7) is 0. The highest BCUT2D eigenvalue weighted by atomic mass is 32.1. The monoisotopic (exact) mass is 376 g/mol. The van der Waals surface area contributed by atoms with Gasteiger partial charge in [0.2, 0.25) is 5.91 Å². The Kier molecular flexibility index (Phi) is 5.68. The van der Waals surface area contributed by atoms with E-state index < -0.39 is 11.6 Å². The molecule has 0 spiro atoms. The van der Waals surface area contributed by atoms with Crippen LogP contribution >= 0.6 is 11.3 Å². The van der Waals surface area contributed by atoms with Gasteiger partial charge in [-0.15, -0.1) is 11.3 Å². The van der Waals surface area contributed by atoms with E-state index in [1.807, 2.05) is 6.07 Å². The Balaban J connectivity index is 1.55. The van der Waals surface area contributed by atoms with Crippen LogP contribution in [0.15, 0.2) is 48.7 Å². The lowest BCUT2D eigenvalue weighted by Crippen LogP contribution is -2.12. The lowest BCUT2D eigenvalue weighted by Gasteiger charge is -2.04. The Hall–Kier alpha value is -2.67. The van der Waals surface area contributed by atoms with Crippen molar-refractivity contribution < 1.29 is 18.0 Å². The lowest BCUT2D eigenvalue weighted by atomic mass is 10.1. The van der Waals surface area contributed by atoms with Gasteiger partial charge in [0.25, 0.3) is 0 Å². The number of aromatic nitrogens is 1. The Morgan fingerprint density at radius 3 is 2.69 bits per heavy atom. The van der Waals surface area contributed by atoms with Crippen LogP contribution in [0.3, 0.4) is 0 Å². The smallest absolute Gasteiger partial charge is 0.226 e. The van der Waals surface area contributed by atoms with Crippen molar-refractivity contribution in [3.8, 4) is 0 Å². The van der Waals surface area contributed by atoms with E-state index in [1.54, 1.807) is 12.3 Å². The summed E-state index contributed by atoms with van der Waals surface area (Å²) >= 11 is 1.29. The van der Waals surface area contributed by atoms with Gasteiger partial charge in [-0.3, -0.25) is 4.79 Å². The third kappa shape index (κ3) is 4.92. The topological polar surface area (TPSA) is 42.0 Å². The zero-order valence-corrected chi connectivity index (χ0v) is 14.5. The third-order valence-corrected chi connectivity index (χ3v) is 4.61. The number of hydrogen-bond acceptors (Lipinski definition) is 3. The fourth-order valence-electron chi connectivity index (χ4n) is 2.46. The quantitative estimate of drug-likeness (QED) is 0.676. The first-order chi connectivity index (χ1) is 12.5. The number of halogens is 3. The lowest BCUT2D eigenvalue weighted by molar-refractivity contribution is -0.116. The summed E-state index contributed by atoms with van der Waals surface area (Å²) in [6, 6.07) is 9.45. The fourth-order valence-corrected chi connectivity index (χ4v) is 3.32. The Labute approximate surface area is 152 Å².